The summed E-state index contributed by atoms with van der Waals surface area (Å²) in [5, 5.41) is 53.8. The Morgan fingerprint density at radius 2 is 1.63 bits per heavy atom. The van der Waals surface area contributed by atoms with Gasteiger partial charge < -0.3 is 50.0 Å². The number of hydrogen-bond acceptors (Lipinski definition) is 14. The first-order valence-corrected chi connectivity index (χ1v) is 18.1. The molecule has 1 aromatic heterocycles. The van der Waals surface area contributed by atoms with E-state index in [4.69, 9.17) is 18.9 Å². The largest absolute Gasteiger partial charge is 0.506 e. The van der Waals surface area contributed by atoms with Crippen LogP contribution >= 0.6 is 0 Å². The summed E-state index contributed by atoms with van der Waals surface area (Å²) in [6.45, 7) is 14.0. The fourth-order valence-corrected chi connectivity index (χ4v) is 5.85. The molecule has 0 bridgehead atoms. The lowest BCUT2D eigenvalue weighted by Crippen LogP contribution is -2.64. The van der Waals surface area contributed by atoms with Crippen LogP contribution in [0.5, 0.6) is 5.75 Å². The Morgan fingerprint density at radius 1 is 0.944 bits per heavy atom. The lowest BCUT2D eigenvalue weighted by atomic mass is 9.73. The summed E-state index contributed by atoms with van der Waals surface area (Å²) in [5.41, 5.74) is 1.17. The third-order valence-corrected chi connectivity index (χ3v) is 8.41. The quantitative estimate of drug-likeness (QED) is 0.0897. The highest BCUT2D eigenvalue weighted by Gasteiger charge is 2.45. The number of amides is 2. The number of aliphatic hydroxyl groups excluding tert-OH is 3. The van der Waals surface area contributed by atoms with Crippen molar-refractivity contribution in [3.05, 3.63) is 47.8 Å². The highest BCUT2D eigenvalue weighted by atomic mass is 16.7. The number of hydrogen-bond donors (Lipinski definition) is 6. The molecule has 2 amide bonds. The van der Waals surface area contributed by atoms with Gasteiger partial charge in [-0.25, -0.2) is 4.98 Å². The van der Waals surface area contributed by atoms with E-state index in [2.05, 4.69) is 46.6 Å². The number of ether oxygens (including phenoxy) is 4. The van der Waals surface area contributed by atoms with E-state index >= 15 is 0 Å². The fourth-order valence-electron chi connectivity index (χ4n) is 5.85. The van der Waals surface area contributed by atoms with Gasteiger partial charge >= 0.3 is 0 Å². The number of phenolic OH excluding ortho intramolecular Hbond substituents is 1. The molecule has 300 valence electrons. The minimum atomic E-state index is -1.40. The number of aromatic nitrogens is 1. The van der Waals surface area contributed by atoms with Crippen molar-refractivity contribution in [3.63, 3.8) is 0 Å². The molecule has 0 radical (unpaired) electrons. The lowest BCUT2D eigenvalue weighted by molar-refractivity contribution is -0.272. The van der Waals surface area contributed by atoms with E-state index < -0.39 is 54.5 Å². The number of Topliss-reactive ketones (excluding diaryl/α,β-unsaturated/α-hetero) is 1. The number of rotatable bonds is 19. The van der Waals surface area contributed by atoms with Crippen LogP contribution in [0.15, 0.2) is 46.8 Å². The summed E-state index contributed by atoms with van der Waals surface area (Å²) in [6, 6.07) is 7.14. The van der Waals surface area contributed by atoms with E-state index in [9.17, 15) is 34.8 Å². The predicted octanol–water partition coefficient (Wildman–Crippen LogP) is 3.14. The first kappa shape index (κ1) is 44.5. The molecule has 0 spiro atoms. The smallest absolute Gasteiger partial charge is 0.269 e. The van der Waals surface area contributed by atoms with Crippen molar-refractivity contribution >= 4 is 29.0 Å². The van der Waals surface area contributed by atoms with Gasteiger partial charge in [0.05, 0.1) is 45.8 Å². The second kappa shape index (κ2) is 20.7. The molecular formula is C38H57N5O11. The molecule has 1 fully saturated rings. The molecule has 0 saturated carbocycles. The number of azo groups is 1. The molecule has 1 aromatic carbocycles. The van der Waals surface area contributed by atoms with Gasteiger partial charge in [-0.2, -0.15) is 0 Å². The Balaban J connectivity index is 1.38. The van der Waals surface area contributed by atoms with Crippen molar-refractivity contribution < 1.29 is 53.8 Å². The molecule has 16 heteroatoms. The van der Waals surface area contributed by atoms with E-state index in [1.807, 2.05) is 20.8 Å². The summed E-state index contributed by atoms with van der Waals surface area (Å²) in [7, 11) is 0. The molecular weight excluding hydrogens is 702 g/mol. The monoisotopic (exact) mass is 759 g/mol. The maximum Gasteiger partial charge on any atom is 0.269 e. The summed E-state index contributed by atoms with van der Waals surface area (Å²) < 4.78 is 22.0. The first-order valence-electron chi connectivity index (χ1n) is 18.1. The van der Waals surface area contributed by atoms with Crippen molar-refractivity contribution in [2.75, 3.05) is 46.2 Å². The zero-order valence-corrected chi connectivity index (χ0v) is 32.3. The van der Waals surface area contributed by atoms with Crippen molar-refractivity contribution in [1.82, 2.24) is 15.6 Å². The van der Waals surface area contributed by atoms with Crippen LogP contribution < -0.4 is 10.6 Å². The number of aliphatic hydroxyl groups is 3. The Kier molecular flexibility index (Phi) is 17.0. The SMILES string of the molecule is CC(=O)NC1[C@H](OCCOCCOCCNC(=O)c2ccc(N=Nc3cc(CC(CC(C)(C)C)C(=O)C(C)(C)C)ccc3O)cn2)OC(CO)[C@H](O)[C@@H]1O. The van der Waals surface area contributed by atoms with Gasteiger partial charge in [0.1, 0.15) is 53.0 Å². The number of carbonyl (C=O) groups excluding carboxylic acids is 3. The van der Waals surface area contributed by atoms with Crippen molar-refractivity contribution in [2.24, 2.45) is 27.0 Å². The van der Waals surface area contributed by atoms with E-state index in [1.54, 1.807) is 24.3 Å². The Bertz CT molecular complexity index is 1540. The molecule has 1 aliphatic rings. The molecule has 3 unspecified atom stereocenters. The summed E-state index contributed by atoms with van der Waals surface area (Å²) in [5.74, 6) is -0.894. The summed E-state index contributed by atoms with van der Waals surface area (Å²) >= 11 is 0. The third kappa shape index (κ3) is 14.4. The number of aromatic hydroxyl groups is 1. The van der Waals surface area contributed by atoms with Crippen LogP contribution in [-0.4, -0.2) is 120 Å². The minimum absolute atomic E-state index is 0.0360. The molecule has 6 N–H and O–H groups in total. The molecule has 6 atom stereocenters. The molecule has 1 saturated heterocycles. The molecule has 2 aromatic rings. The zero-order chi connectivity index (χ0) is 40.1. The maximum absolute atomic E-state index is 13.3. The third-order valence-electron chi connectivity index (χ3n) is 8.41. The van der Waals surface area contributed by atoms with Gasteiger partial charge in [0, 0.05) is 24.8 Å². The average molecular weight is 760 g/mol. The Labute approximate surface area is 316 Å². The standard InChI is InChI=1S/C38H57N5O11/c1-23(45)41-31-33(48)32(47)30(22-44)54-36(31)53-17-16-52-15-14-51-13-12-39-35(50)27-10-9-26(21-40-27)42-43-28-19-24(8-11-29(28)46)18-25(20-37(2,3)4)34(49)38(5,6)7/h8-11,19,21,25,30-33,36,44,46-48H,12-18,20,22H2,1-7H3,(H,39,50)(H,41,45)/t25?,30?,31?,32-,33+,36+/m0/s1. The summed E-state index contributed by atoms with van der Waals surface area (Å²) in [4.78, 5) is 41.5. The van der Waals surface area contributed by atoms with Crippen LogP contribution in [0.2, 0.25) is 0 Å². The van der Waals surface area contributed by atoms with Crippen molar-refractivity contribution in [1.29, 1.82) is 0 Å². The highest BCUT2D eigenvalue weighted by Crippen LogP contribution is 2.35. The lowest BCUT2D eigenvalue weighted by Gasteiger charge is -2.42. The number of carbonyl (C=O) groups is 3. The number of pyridine rings is 1. The van der Waals surface area contributed by atoms with Crippen LogP contribution in [0.3, 0.4) is 0 Å². The van der Waals surface area contributed by atoms with Gasteiger partial charge in [0.25, 0.3) is 5.91 Å². The Hall–Kier alpha value is -3.90. The second-order valence-electron chi connectivity index (χ2n) is 15.5. The number of phenols is 1. The van der Waals surface area contributed by atoms with Gasteiger partial charge in [0.15, 0.2) is 6.29 Å². The zero-order valence-electron chi connectivity index (χ0n) is 32.3. The van der Waals surface area contributed by atoms with Crippen molar-refractivity contribution in [2.45, 2.75) is 92.0 Å². The molecule has 0 aliphatic carbocycles. The topological polar surface area (TPSA) is 231 Å². The molecule has 3 rings (SSSR count). The van der Waals surface area contributed by atoms with Crippen LogP contribution in [0.1, 0.15) is 70.9 Å². The predicted molar refractivity (Wildman–Crippen MR) is 198 cm³/mol. The van der Waals surface area contributed by atoms with Crippen LogP contribution in [0.25, 0.3) is 0 Å². The van der Waals surface area contributed by atoms with Crippen LogP contribution in [0, 0.1) is 16.7 Å². The van der Waals surface area contributed by atoms with Gasteiger partial charge in [-0.05, 0) is 48.1 Å². The first-order chi connectivity index (χ1) is 25.4. The Morgan fingerprint density at radius 3 is 2.24 bits per heavy atom. The van der Waals surface area contributed by atoms with E-state index in [1.165, 1.54) is 19.2 Å². The van der Waals surface area contributed by atoms with Crippen LogP contribution in [0.4, 0.5) is 11.4 Å². The average Bonchev–Trinajstić information content (AvgIpc) is 3.10. The van der Waals surface area contributed by atoms with E-state index in [-0.39, 0.29) is 73.8 Å². The van der Waals surface area contributed by atoms with Crippen LogP contribution in [-0.2, 0) is 35.0 Å². The fraction of sp³-hybridized carbons (Fsp3) is 0.632. The number of ketones is 1. The van der Waals surface area contributed by atoms with E-state index in [0.717, 1.165) is 12.0 Å². The normalized spacial score (nSPS) is 21.2. The molecule has 16 nitrogen and oxygen atoms in total. The van der Waals surface area contributed by atoms with Gasteiger partial charge in [0.2, 0.25) is 5.91 Å². The summed E-state index contributed by atoms with van der Waals surface area (Å²) in [6.07, 6.45) is -2.32. The molecule has 54 heavy (non-hydrogen) atoms. The van der Waals surface area contributed by atoms with E-state index in [0.29, 0.717) is 12.1 Å². The number of nitrogens with one attached hydrogen (secondary N) is 2. The van der Waals surface area contributed by atoms with Gasteiger partial charge in [-0.3, -0.25) is 14.4 Å². The number of nitrogens with zero attached hydrogens (tertiary/aromatic N) is 3. The highest BCUT2D eigenvalue weighted by molar-refractivity contribution is 5.92. The maximum atomic E-state index is 13.3. The van der Waals surface area contributed by atoms with Crippen molar-refractivity contribution in [3.8, 4) is 5.75 Å². The van der Waals surface area contributed by atoms with Gasteiger partial charge in [-0.15, -0.1) is 10.2 Å². The number of benzene rings is 1. The second-order valence-corrected chi connectivity index (χ2v) is 15.5. The van der Waals surface area contributed by atoms with Gasteiger partial charge in [-0.1, -0.05) is 47.6 Å². The molecule has 1 aliphatic heterocycles. The molecule has 2 heterocycles. The minimum Gasteiger partial charge on any atom is -0.506 e.